The standard InChI is InChI=1S/C20H28O2/c1-15(8-6-9-16(2)14-19(21)22)11-12-18-17(3)10-7-13-20(18,4)5/h6,8-9,11-12,14H,7,10,13H2,1-5H3,(H,21,22)/b9-6?,12-11?,15-8?,16-14-. The molecule has 0 saturated heterocycles. The molecule has 0 heterocycles. The summed E-state index contributed by atoms with van der Waals surface area (Å²) in [5, 5.41) is 8.65. The second-order valence-electron chi connectivity index (χ2n) is 6.76. The molecule has 1 aliphatic carbocycles. The highest BCUT2D eigenvalue weighted by Gasteiger charge is 2.26. The third-order valence-electron chi connectivity index (χ3n) is 4.12. The molecule has 0 saturated carbocycles. The lowest BCUT2D eigenvalue weighted by molar-refractivity contribution is -0.131. The van der Waals surface area contributed by atoms with Crippen molar-refractivity contribution in [1.29, 1.82) is 0 Å². The van der Waals surface area contributed by atoms with Gasteiger partial charge in [0.2, 0.25) is 0 Å². The van der Waals surface area contributed by atoms with Gasteiger partial charge in [-0.1, -0.05) is 55.4 Å². The van der Waals surface area contributed by atoms with E-state index >= 15 is 0 Å². The van der Waals surface area contributed by atoms with Crippen LogP contribution >= 0.6 is 0 Å². The van der Waals surface area contributed by atoms with Gasteiger partial charge < -0.3 is 5.11 Å². The molecule has 0 spiro atoms. The van der Waals surface area contributed by atoms with Gasteiger partial charge in [0.15, 0.2) is 0 Å². The predicted molar refractivity (Wildman–Crippen MR) is 93.8 cm³/mol. The molecule has 0 bridgehead atoms. The summed E-state index contributed by atoms with van der Waals surface area (Å²) in [7, 11) is 0. The highest BCUT2D eigenvalue weighted by Crippen LogP contribution is 2.40. The zero-order valence-corrected chi connectivity index (χ0v) is 14.4. The van der Waals surface area contributed by atoms with E-state index in [1.54, 1.807) is 13.0 Å². The van der Waals surface area contributed by atoms with Gasteiger partial charge in [0, 0.05) is 6.08 Å². The van der Waals surface area contributed by atoms with Gasteiger partial charge in [0.1, 0.15) is 0 Å². The van der Waals surface area contributed by atoms with Gasteiger partial charge in [-0.05, 0) is 56.6 Å². The molecule has 0 unspecified atom stereocenters. The van der Waals surface area contributed by atoms with E-state index in [9.17, 15) is 4.79 Å². The number of hydrogen-bond donors (Lipinski definition) is 1. The number of carboxylic acid groups (broad SMARTS) is 1. The van der Waals surface area contributed by atoms with E-state index in [2.05, 4.69) is 39.8 Å². The molecule has 1 rings (SSSR count). The van der Waals surface area contributed by atoms with Crippen LogP contribution in [-0.4, -0.2) is 11.1 Å². The molecule has 0 amide bonds. The van der Waals surface area contributed by atoms with Crippen LogP contribution in [0.3, 0.4) is 0 Å². The smallest absolute Gasteiger partial charge is 0.328 e. The Morgan fingerprint density at radius 3 is 2.45 bits per heavy atom. The topological polar surface area (TPSA) is 37.3 Å². The average Bonchev–Trinajstić information content (AvgIpc) is 2.36. The lowest BCUT2D eigenvalue weighted by Crippen LogP contribution is -2.19. The van der Waals surface area contributed by atoms with Crippen molar-refractivity contribution in [3.05, 3.63) is 58.7 Å². The molecule has 0 fully saturated rings. The molecule has 2 heteroatoms. The third kappa shape index (κ3) is 5.88. The quantitative estimate of drug-likeness (QED) is 0.530. The Morgan fingerprint density at radius 1 is 1.18 bits per heavy atom. The van der Waals surface area contributed by atoms with E-state index in [4.69, 9.17) is 5.11 Å². The van der Waals surface area contributed by atoms with Crippen molar-refractivity contribution < 1.29 is 9.90 Å². The van der Waals surface area contributed by atoms with Crippen LogP contribution in [0.2, 0.25) is 0 Å². The van der Waals surface area contributed by atoms with E-state index in [0.29, 0.717) is 0 Å². The number of aliphatic carboxylic acids is 1. The summed E-state index contributed by atoms with van der Waals surface area (Å²) in [5.41, 5.74) is 5.09. The lowest BCUT2D eigenvalue weighted by Gasteiger charge is -2.32. The molecular weight excluding hydrogens is 272 g/mol. The van der Waals surface area contributed by atoms with Crippen LogP contribution in [0, 0.1) is 5.41 Å². The Balaban J connectivity index is 2.79. The highest BCUT2D eigenvalue weighted by molar-refractivity contribution is 5.81. The minimum atomic E-state index is -0.912. The van der Waals surface area contributed by atoms with Gasteiger partial charge in [-0.15, -0.1) is 0 Å². The minimum absolute atomic E-state index is 0.260. The van der Waals surface area contributed by atoms with E-state index in [0.717, 1.165) is 11.1 Å². The maximum absolute atomic E-state index is 10.5. The Labute approximate surface area is 134 Å². The van der Waals surface area contributed by atoms with E-state index < -0.39 is 5.97 Å². The van der Waals surface area contributed by atoms with Gasteiger partial charge in [-0.25, -0.2) is 4.79 Å². The molecule has 0 aliphatic heterocycles. The van der Waals surface area contributed by atoms with Crippen molar-refractivity contribution in [2.45, 2.75) is 53.9 Å². The largest absolute Gasteiger partial charge is 0.478 e. The van der Waals surface area contributed by atoms with E-state index in [1.165, 1.54) is 36.5 Å². The first-order chi connectivity index (χ1) is 10.2. The summed E-state index contributed by atoms with van der Waals surface area (Å²) in [6.07, 6.45) is 15.0. The molecule has 0 aromatic rings. The van der Waals surface area contributed by atoms with E-state index in [-0.39, 0.29) is 5.41 Å². The zero-order valence-electron chi connectivity index (χ0n) is 14.4. The molecule has 0 aromatic carbocycles. The molecule has 1 aliphatic rings. The van der Waals surface area contributed by atoms with Crippen molar-refractivity contribution in [1.82, 2.24) is 0 Å². The first-order valence-corrected chi connectivity index (χ1v) is 7.87. The number of rotatable bonds is 5. The van der Waals surface area contributed by atoms with Gasteiger partial charge >= 0.3 is 5.97 Å². The summed E-state index contributed by atoms with van der Waals surface area (Å²) in [4.78, 5) is 10.5. The second-order valence-corrected chi connectivity index (χ2v) is 6.76. The Morgan fingerprint density at radius 2 is 1.86 bits per heavy atom. The molecule has 120 valence electrons. The van der Waals surface area contributed by atoms with Gasteiger partial charge in [-0.2, -0.15) is 0 Å². The summed E-state index contributed by atoms with van der Waals surface area (Å²) in [5.74, 6) is -0.912. The van der Waals surface area contributed by atoms with Crippen LogP contribution in [0.5, 0.6) is 0 Å². The predicted octanol–water partition coefficient (Wildman–Crippen LogP) is 5.60. The number of carboxylic acids is 1. The maximum atomic E-state index is 10.5. The van der Waals surface area contributed by atoms with Crippen LogP contribution in [0.4, 0.5) is 0 Å². The fraction of sp³-hybridized carbons (Fsp3) is 0.450. The first kappa shape index (κ1) is 18.2. The Hall–Kier alpha value is -1.83. The van der Waals surface area contributed by atoms with Crippen molar-refractivity contribution in [3.63, 3.8) is 0 Å². The number of allylic oxidation sites excluding steroid dienone is 9. The lowest BCUT2D eigenvalue weighted by atomic mass is 9.72. The Kier molecular flexibility index (Phi) is 6.61. The van der Waals surface area contributed by atoms with Gasteiger partial charge in [0.25, 0.3) is 0 Å². The zero-order chi connectivity index (χ0) is 16.8. The molecule has 1 N–H and O–H groups in total. The second kappa shape index (κ2) is 7.98. The van der Waals surface area contributed by atoms with Crippen LogP contribution in [-0.2, 0) is 4.79 Å². The fourth-order valence-electron chi connectivity index (χ4n) is 2.88. The summed E-state index contributed by atoms with van der Waals surface area (Å²) < 4.78 is 0. The van der Waals surface area contributed by atoms with Crippen molar-refractivity contribution >= 4 is 5.97 Å². The number of carbonyl (C=O) groups is 1. The third-order valence-corrected chi connectivity index (χ3v) is 4.12. The molecule has 0 radical (unpaired) electrons. The van der Waals surface area contributed by atoms with Gasteiger partial charge in [0.05, 0.1) is 0 Å². The maximum Gasteiger partial charge on any atom is 0.328 e. The normalized spacial score (nSPS) is 20.2. The van der Waals surface area contributed by atoms with Crippen LogP contribution in [0.1, 0.15) is 53.9 Å². The van der Waals surface area contributed by atoms with Crippen LogP contribution < -0.4 is 0 Å². The van der Waals surface area contributed by atoms with Crippen LogP contribution in [0.25, 0.3) is 0 Å². The van der Waals surface area contributed by atoms with Gasteiger partial charge in [-0.3, -0.25) is 0 Å². The van der Waals surface area contributed by atoms with Crippen molar-refractivity contribution in [3.8, 4) is 0 Å². The molecular formula is C20H28O2. The van der Waals surface area contributed by atoms with Crippen molar-refractivity contribution in [2.75, 3.05) is 0 Å². The fourth-order valence-corrected chi connectivity index (χ4v) is 2.88. The highest BCUT2D eigenvalue weighted by atomic mass is 16.4. The first-order valence-electron chi connectivity index (χ1n) is 7.87. The summed E-state index contributed by atoms with van der Waals surface area (Å²) in [6.45, 7) is 10.7. The molecule has 0 atom stereocenters. The molecule has 2 nitrogen and oxygen atoms in total. The summed E-state index contributed by atoms with van der Waals surface area (Å²) in [6, 6.07) is 0. The summed E-state index contributed by atoms with van der Waals surface area (Å²) >= 11 is 0. The SMILES string of the molecule is CC(C=CC1=C(C)CCCC1(C)C)=CC=C/C(C)=C\C(=O)O. The molecule has 22 heavy (non-hydrogen) atoms. The Bertz CT molecular complexity index is 567. The van der Waals surface area contributed by atoms with Crippen molar-refractivity contribution in [2.24, 2.45) is 5.41 Å². The van der Waals surface area contributed by atoms with Crippen LogP contribution in [0.15, 0.2) is 58.7 Å². The minimum Gasteiger partial charge on any atom is -0.478 e. The monoisotopic (exact) mass is 300 g/mol. The molecule has 0 aromatic heterocycles. The number of hydrogen-bond acceptors (Lipinski definition) is 1. The van der Waals surface area contributed by atoms with E-state index in [1.807, 2.05) is 12.2 Å². The average molecular weight is 300 g/mol.